The molecule has 3 nitrogen and oxygen atoms in total. The Hall–Kier alpha value is -1.80. The third kappa shape index (κ3) is 2.41. The summed E-state index contributed by atoms with van der Waals surface area (Å²) in [5.41, 5.74) is 0.907. The van der Waals surface area contributed by atoms with Gasteiger partial charge in [-0.2, -0.15) is 5.26 Å². The van der Waals surface area contributed by atoms with Gasteiger partial charge in [-0.25, -0.2) is 9.37 Å². The van der Waals surface area contributed by atoms with Gasteiger partial charge in [0, 0.05) is 18.1 Å². The molecule has 1 aromatic carbocycles. The molecular formula is C11H8FN3S. The molecule has 0 bridgehead atoms. The van der Waals surface area contributed by atoms with E-state index < -0.39 is 0 Å². The highest BCUT2D eigenvalue weighted by molar-refractivity contribution is 7.98. The van der Waals surface area contributed by atoms with Crippen LogP contribution in [0.5, 0.6) is 0 Å². The van der Waals surface area contributed by atoms with Crippen molar-refractivity contribution in [2.75, 3.05) is 0 Å². The van der Waals surface area contributed by atoms with Crippen molar-refractivity contribution in [1.29, 1.82) is 5.26 Å². The number of aromatic nitrogens is 2. The van der Waals surface area contributed by atoms with Gasteiger partial charge in [-0.15, -0.1) is 0 Å². The van der Waals surface area contributed by atoms with E-state index in [0.717, 1.165) is 5.16 Å². The smallest absolute Gasteiger partial charge is 0.165 e. The summed E-state index contributed by atoms with van der Waals surface area (Å²) in [6.07, 6.45) is 3.37. The molecule has 2 aromatic rings. The first-order chi connectivity index (χ1) is 7.79. The molecule has 0 aliphatic carbocycles. The van der Waals surface area contributed by atoms with Crippen molar-refractivity contribution in [2.45, 2.75) is 10.9 Å². The van der Waals surface area contributed by atoms with Gasteiger partial charge < -0.3 is 4.98 Å². The van der Waals surface area contributed by atoms with E-state index in [1.807, 2.05) is 6.07 Å². The van der Waals surface area contributed by atoms with Crippen LogP contribution in [0, 0.1) is 17.1 Å². The van der Waals surface area contributed by atoms with Gasteiger partial charge in [0.25, 0.3) is 0 Å². The number of rotatable bonds is 3. The fourth-order valence-electron chi connectivity index (χ4n) is 1.21. The van der Waals surface area contributed by atoms with E-state index in [1.165, 1.54) is 17.8 Å². The summed E-state index contributed by atoms with van der Waals surface area (Å²) in [5.74, 6) is 0.142. The van der Waals surface area contributed by atoms with Gasteiger partial charge in [0.1, 0.15) is 5.82 Å². The maximum absolute atomic E-state index is 13.5. The fraction of sp³-hybridized carbons (Fsp3) is 0.0909. The lowest BCUT2D eigenvalue weighted by Crippen LogP contribution is -1.89. The van der Waals surface area contributed by atoms with Gasteiger partial charge in [-0.1, -0.05) is 17.8 Å². The molecular weight excluding hydrogens is 225 g/mol. The van der Waals surface area contributed by atoms with Crippen LogP contribution in [0.3, 0.4) is 0 Å². The molecule has 1 N–H and O–H groups in total. The maximum atomic E-state index is 13.5. The van der Waals surface area contributed by atoms with Gasteiger partial charge in [-0.3, -0.25) is 0 Å². The van der Waals surface area contributed by atoms with E-state index in [1.54, 1.807) is 24.5 Å². The van der Waals surface area contributed by atoms with Crippen LogP contribution in [0.4, 0.5) is 4.39 Å². The third-order valence-corrected chi connectivity index (χ3v) is 2.97. The molecule has 5 heteroatoms. The summed E-state index contributed by atoms with van der Waals surface area (Å²) in [6, 6.07) is 6.39. The van der Waals surface area contributed by atoms with Gasteiger partial charge in [0.05, 0.1) is 11.6 Å². The number of thioether (sulfide) groups is 1. The van der Waals surface area contributed by atoms with Crippen molar-refractivity contribution in [3.8, 4) is 6.07 Å². The maximum Gasteiger partial charge on any atom is 0.165 e. The Morgan fingerprint density at radius 1 is 1.50 bits per heavy atom. The van der Waals surface area contributed by atoms with Crippen molar-refractivity contribution in [2.24, 2.45) is 0 Å². The molecule has 16 heavy (non-hydrogen) atoms. The summed E-state index contributed by atoms with van der Waals surface area (Å²) >= 11 is 1.42. The fourth-order valence-corrected chi connectivity index (χ4v) is 2.02. The van der Waals surface area contributed by atoms with Gasteiger partial charge in [0.15, 0.2) is 5.16 Å². The van der Waals surface area contributed by atoms with E-state index >= 15 is 0 Å². The second-order valence-corrected chi connectivity index (χ2v) is 4.07. The van der Waals surface area contributed by atoms with E-state index in [9.17, 15) is 4.39 Å². The lowest BCUT2D eigenvalue weighted by Gasteiger charge is -2.01. The molecule has 0 saturated carbocycles. The Morgan fingerprint density at radius 2 is 2.38 bits per heavy atom. The highest BCUT2D eigenvalue weighted by Gasteiger charge is 2.05. The Labute approximate surface area is 96.3 Å². The number of nitriles is 1. The van der Waals surface area contributed by atoms with Crippen molar-refractivity contribution < 1.29 is 4.39 Å². The highest BCUT2D eigenvalue weighted by atomic mass is 32.2. The molecule has 2 rings (SSSR count). The summed E-state index contributed by atoms with van der Waals surface area (Å²) in [4.78, 5) is 6.95. The van der Waals surface area contributed by atoms with Crippen LogP contribution in [-0.2, 0) is 5.75 Å². The Bertz CT molecular complexity index is 517. The van der Waals surface area contributed by atoms with Crippen LogP contribution in [0.2, 0.25) is 0 Å². The molecule has 0 aliphatic rings. The number of imidazole rings is 1. The minimum atomic E-state index is -0.349. The monoisotopic (exact) mass is 233 g/mol. The molecule has 0 radical (unpaired) electrons. The summed E-state index contributed by atoms with van der Waals surface area (Å²) < 4.78 is 13.5. The molecule has 0 spiro atoms. The van der Waals surface area contributed by atoms with Crippen LogP contribution in [0.15, 0.2) is 35.7 Å². The number of nitrogens with zero attached hydrogens (tertiary/aromatic N) is 2. The Balaban J connectivity index is 2.08. The lowest BCUT2D eigenvalue weighted by molar-refractivity contribution is 0.617. The molecule has 80 valence electrons. The number of hydrogen-bond donors (Lipinski definition) is 1. The third-order valence-electron chi connectivity index (χ3n) is 2.02. The van der Waals surface area contributed by atoms with Gasteiger partial charge >= 0.3 is 0 Å². The zero-order valence-electron chi connectivity index (χ0n) is 8.27. The van der Waals surface area contributed by atoms with Crippen molar-refractivity contribution in [3.05, 3.63) is 47.5 Å². The van der Waals surface area contributed by atoms with E-state index in [-0.39, 0.29) is 5.82 Å². The van der Waals surface area contributed by atoms with Crippen molar-refractivity contribution in [1.82, 2.24) is 9.97 Å². The SMILES string of the molecule is N#Cc1ccc(CSc2ncc[nH]2)c(F)c1. The number of benzene rings is 1. The first-order valence-electron chi connectivity index (χ1n) is 4.60. The predicted octanol–water partition coefficient (Wildman–Crippen LogP) is 2.71. The second-order valence-electron chi connectivity index (χ2n) is 3.10. The topological polar surface area (TPSA) is 52.5 Å². The minimum absolute atomic E-state index is 0.337. The van der Waals surface area contributed by atoms with Gasteiger partial charge in [0.2, 0.25) is 0 Å². The van der Waals surface area contributed by atoms with E-state index in [4.69, 9.17) is 5.26 Å². The van der Waals surface area contributed by atoms with Crippen molar-refractivity contribution >= 4 is 11.8 Å². The minimum Gasteiger partial charge on any atom is -0.340 e. The van der Waals surface area contributed by atoms with Crippen molar-refractivity contribution in [3.63, 3.8) is 0 Å². The summed E-state index contributed by atoms with van der Waals surface area (Å²) in [5, 5.41) is 9.35. The molecule has 0 aliphatic heterocycles. The molecule has 0 saturated heterocycles. The number of H-pyrrole nitrogens is 1. The largest absolute Gasteiger partial charge is 0.340 e. The predicted molar refractivity (Wildman–Crippen MR) is 59.3 cm³/mol. The van der Waals surface area contributed by atoms with Gasteiger partial charge in [-0.05, 0) is 17.7 Å². The molecule has 1 heterocycles. The normalized spacial score (nSPS) is 10.0. The van der Waals surface area contributed by atoms with Crippen LogP contribution < -0.4 is 0 Å². The molecule has 0 atom stereocenters. The number of aromatic amines is 1. The average molecular weight is 233 g/mol. The quantitative estimate of drug-likeness (QED) is 0.829. The average Bonchev–Trinajstić information content (AvgIpc) is 2.80. The molecule has 0 unspecified atom stereocenters. The van der Waals surface area contributed by atoms with E-state index in [2.05, 4.69) is 9.97 Å². The summed E-state index contributed by atoms with van der Waals surface area (Å²) in [6.45, 7) is 0. The standard InChI is InChI=1S/C11H8FN3S/c12-10-5-8(6-13)1-2-9(10)7-16-11-14-3-4-15-11/h1-5H,7H2,(H,14,15). The van der Waals surface area contributed by atoms with E-state index in [0.29, 0.717) is 16.9 Å². The molecule has 0 amide bonds. The first-order valence-corrected chi connectivity index (χ1v) is 5.59. The second kappa shape index (κ2) is 4.81. The van der Waals surface area contributed by atoms with Crippen LogP contribution in [0.25, 0.3) is 0 Å². The molecule has 0 fully saturated rings. The zero-order chi connectivity index (χ0) is 11.4. The summed E-state index contributed by atoms with van der Waals surface area (Å²) in [7, 11) is 0. The Morgan fingerprint density at radius 3 is 3.00 bits per heavy atom. The zero-order valence-corrected chi connectivity index (χ0v) is 9.09. The van der Waals surface area contributed by atoms with Crippen LogP contribution in [0.1, 0.15) is 11.1 Å². The lowest BCUT2D eigenvalue weighted by atomic mass is 10.1. The number of halogens is 1. The number of hydrogen-bond acceptors (Lipinski definition) is 3. The van der Waals surface area contributed by atoms with Crippen LogP contribution in [-0.4, -0.2) is 9.97 Å². The number of nitrogens with one attached hydrogen (secondary N) is 1. The Kier molecular flexibility index (Phi) is 3.22. The molecule has 1 aromatic heterocycles. The van der Waals surface area contributed by atoms with Crippen LogP contribution >= 0.6 is 11.8 Å². The highest BCUT2D eigenvalue weighted by Crippen LogP contribution is 2.21. The first kappa shape index (κ1) is 10.7.